The molecule has 0 radical (unpaired) electrons. The first kappa shape index (κ1) is 27.5. The van der Waals surface area contributed by atoms with Gasteiger partial charge in [0.2, 0.25) is 15.9 Å². The van der Waals surface area contributed by atoms with Crippen molar-refractivity contribution in [1.82, 2.24) is 9.21 Å². The van der Waals surface area contributed by atoms with Crippen molar-refractivity contribution in [2.45, 2.75) is 45.7 Å². The second-order valence-electron chi connectivity index (χ2n) is 11.5. The summed E-state index contributed by atoms with van der Waals surface area (Å²) >= 11 is 0. The van der Waals surface area contributed by atoms with Crippen molar-refractivity contribution in [2.75, 3.05) is 26.0 Å². The molecule has 2 aliphatic carbocycles. The molecule has 208 valence electrons. The minimum Gasteiger partial charge on any atom is -0.497 e. The molecule has 3 unspecified atom stereocenters. The number of fused-ring (bicyclic) bond motifs is 2. The van der Waals surface area contributed by atoms with E-state index in [9.17, 15) is 22.4 Å². The van der Waals surface area contributed by atoms with Gasteiger partial charge in [-0.2, -0.15) is 4.31 Å². The number of carbonyl (C=O) groups is 2. The average Bonchev–Trinajstić information content (AvgIpc) is 3.23. The van der Waals surface area contributed by atoms with Crippen molar-refractivity contribution >= 4 is 21.7 Å². The number of hydrogen-bond acceptors (Lipinski definition) is 5. The van der Waals surface area contributed by atoms with E-state index in [1.165, 1.54) is 16.4 Å². The average molecular weight is 555 g/mol. The Bertz CT molecular complexity index is 1390. The van der Waals surface area contributed by atoms with Crippen LogP contribution in [-0.2, 0) is 26.2 Å². The predicted octanol–water partition coefficient (Wildman–Crippen LogP) is 4.50. The Morgan fingerprint density at radius 3 is 2.33 bits per heavy atom. The molecular weight excluding hydrogens is 519 g/mol. The second-order valence-corrected chi connectivity index (χ2v) is 13.5. The van der Waals surface area contributed by atoms with Gasteiger partial charge in [0.1, 0.15) is 17.3 Å². The molecule has 1 amide bonds. The minimum absolute atomic E-state index is 0.0266. The molecule has 7 nitrogen and oxygen atoms in total. The van der Waals surface area contributed by atoms with Crippen LogP contribution in [0.4, 0.5) is 4.39 Å². The smallest absolute Gasteiger partial charge is 0.238 e. The molecule has 2 saturated carbocycles. The molecule has 2 fully saturated rings. The van der Waals surface area contributed by atoms with E-state index < -0.39 is 26.9 Å². The summed E-state index contributed by atoms with van der Waals surface area (Å²) in [6.07, 6.45) is 5.45. The van der Waals surface area contributed by atoms with E-state index in [1.54, 1.807) is 30.2 Å². The molecule has 0 saturated heterocycles. The molecule has 2 aromatic rings. The molecule has 3 aliphatic rings. The fourth-order valence-corrected chi connectivity index (χ4v) is 8.76. The molecule has 9 heteroatoms. The van der Waals surface area contributed by atoms with Gasteiger partial charge in [0, 0.05) is 24.9 Å². The van der Waals surface area contributed by atoms with Crippen molar-refractivity contribution in [2.24, 2.45) is 16.7 Å². The number of ether oxygens (including phenoxy) is 1. The Hall–Kier alpha value is -3.04. The summed E-state index contributed by atoms with van der Waals surface area (Å²) in [5.41, 5.74) is 0.257. The third-order valence-electron chi connectivity index (χ3n) is 9.28. The summed E-state index contributed by atoms with van der Waals surface area (Å²) < 4.78 is 47.7. The molecule has 5 rings (SSSR count). The van der Waals surface area contributed by atoms with Gasteiger partial charge in [-0.15, -0.1) is 0 Å². The maximum absolute atomic E-state index is 13.8. The van der Waals surface area contributed by atoms with E-state index in [0.717, 1.165) is 17.5 Å². The number of carbonyl (C=O) groups excluding carboxylic acids is 2. The Labute approximate surface area is 229 Å². The van der Waals surface area contributed by atoms with E-state index >= 15 is 0 Å². The largest absolute Gasteiger partial charge is 0.497 e. The highest BCUT2D eigenvalue weighted by molar-refractivity contribution is 7.89. The lowest BCUT2D eigenvalue weighted by atomic mass is 9.70. The van der Waals surface area contributed by atoms with Crippen molar-refractivity contribution in [3.8, 4) is 5.75 Å². The third kappa shape index (κ3) is 4.91. The number of hydrogen-bond donors (Lipinski definition) is 0. The van der Waals surface area contributed by atoms with Gasteiger partial charge in [-0.1, -0.05) is 50.3 Å². The summed E-state index contributed by atoms with van der Waals surface area (Å²) in [6, 6.07) is 12.8. The molecular formula is C30H35FN2O5S. The number of amides is 1. The number of methoxy groups -OCH3 is 1. The summed E-state index contributed by atoms with van der Waals surface area (Å²) in [6.45, 7) is 3.89. The van der Waals surface area contributed by atoms with Gasteiger partial charge < -0.3 is 9.64 Å². The topological polar surface area (TPSA) is 84.0 Å². The van der Waals surface area contributed by atoms with Crippen molar-refractivity contribution in [1.29, 1.82) is 0 Å². The molecule has 0 aromatic heterocycles. The molecule has 3 atom stereocenters. The first-order chi connectivity index (χ1) is 18.5. The molecule has 2 bridgehead atoms. The zero-order chi connectivity index (χ0) is 28.0. The standard InChI is InChI=1S/C30H35FN2O5S/c1-29(2)23-14-15-30(29,27(34)17-23)20-39(36,37)32-16-4-5-26(22-8-12-25(38-3)13-9-22)33(28(35)19-32)18-21-6-10-24(31)11-7-21/h4-13,23,26H,14-20H2,1-3H3/b5-4-. The summed E-state index contributed by atoms with van der Waals surface area (Å²) in [5.74, 6) is -0.112. The van der Waals surface area contributed by atoms with E-state index in [-0.39, 0.29) is 48.8 Å². The van der Waals surface area contributed by atoms with Gasteiger partial charge in [-0.25, -0.2) is 12.8 Å². The molecule has 1 aliphatic heterocycles. The van der Waals surface area contributed by atoms with Gasteiger partial charge in [-0.3, -0.25) is 9.59 Å². The summed E-state index contributed by atoms with van der Waals surface area (Å²) in [5, 5.41) is 0. The fourth-order valence-electron chi connectivity index (χ4n) is 6.66. The maximum Gasteiger partial charge on any atom is 0.238 e. The summed E-state index contributed by atoms with van der Waals surface area (Å²) in [7, 11) is -2.35. The third-order valence-corrected chi connectivity index (χ3v) is 11.2. The van der Waals surface area contributed by atoms with Gasteiger partial charge in [-0.05, 0) is 59.6 Å². The Balaban J connectivity index is 1.46. The normalized spacial score (nSPS) is 27.8. The lowest BCUT2D eigenvalue weighted by molar-refractivity contribution is -0.133. The highest BCUT2D eigenvalue weighted by atomic mass is 32.2. The lowest BCUT2D eigenvalue weighted by Crippen LogP contribution is -2.50. The van der Waals surface area contributed by atoms with E-state index in [0.29, 0.717) is 18.6 Å². The number of sulfonamides is 1. The number of benzene rings is 2. The minimum atomic E-state index is -3.93. The van der Waals surface area contributed by atoms with Crippen LogP contribution in [0.5, 0.6) is 5.75 Å². The van der Waals surface area contributed by atoms with Gasteiger partial charge >= 0.3 is 0 Å². The van der Waals surface area contributed by atoms with E-state index in [2.05, 4.69) is 0 Å². The highest BCUT2D eigenvalue weighted by Gasteiger charge is 2.65. The zero-order valence-corrected chi connectivity index (χ0v) is 23.4. The number of nitrogens with zero attached hydrogens (tertiary/aromatic N) is 2. The first-order valence-corrected chi connectivity index (χ1v) is 14.9. The van der Waals surface area contributed by atoms with Crippen LogP contribution < -0.4 is 4.74 Å². The van der Waals surface area contributed by atoms with Crippen LogP contribution in [0.25, 0.3) is 0 Å². The number of ketones is 1. The summed E-state index contributed by atoms with van der Waals surface area (Å²) in [4.78, 5) is 28.5. The van der Waals surface area contributed by atoms with Gasteiger partial charge in [0.15, 0.2) is 0 Å². The first-order valence-electron chi connectivity index (χ1n) is 13.3. The maximum atomic E-state index is 13.8. The van der Waals surface area contributed by atoms with Gasteiger partial charge in [0.25, 0.3) is 0 Å². The second kappa shape index (κ2) is 10.2. The Morgan fingerprint density at radius 2 is 1.74 bits per heavy atom. The van der Waals surface area contributed by atoms with Gasteiger partial charge in [0.05, 0.1) is 25.4 Å². The quantitative estimate of drug-likeness (QED) is 0.471. The van der Waals surface area contributed by atoms with Crippen LogP contribution in [0.3, 0.4) is 0 Å². The fraction of sp³-hybridized carbons (Fsp3) is 0.467. The van der Waals surface area contributed by atoms with E-state index in [1.807, 2.05) is 44.2 Å². The van der Waals surface area contributed by atoms with Crippen molar-refractivity contribution < 1.29 is 27.1 Å². The SMILES string of the molecule is COc1ccc(C2/C=C\CN(S(=O)(=O)CC34CCC(CC3=O)C4(C)C)CC(=O)N2Cc2ccc(F)cc2)cc1. The Kier molecular flexibility index (Phi) is 7.18. The van der Waals surface area contributed by atoms with E-state index in [4.69, 9.17) is 4.74 Å². The molecule has 1 heterocycles. The lowest BCUT2D eigenvalue weighted by Gasteiger charge is -2.38. The van der Waals surface area contributed by atoms with Crippen molar-refractivity contribution in [3.63, 3.8) is 0 Å². The van der Waals surface area contributed by atoms with Crippen LogP contribution in [-0.4, -0.2) is 55.3 Å². The molecule has 0 spiro atoms. The van der Waals surface area contributed by atoms with Crippen LogP contribution in [0.2, 0.25) is 0 Å². The number of halogens is 1. The van der Waals surface area contributed by atoms with Crippen LogP contribution >= 0.6 is 0 Å². The molecule has 0 N–H and O–H groups in total. The zero-order valence-electron chi connectivity index (χ0n) is 22.6. The Morgan fingerprint density at radius 1 is 1.05 bits per heavy atom. The van der Waals surface area contributed by atoms with Crippen LogP contribution in [0, 0.1) is 22.6 Å². The molecule has 2 aromatic carbocycles. The van der Waals surface area contributed by atoms with Crippen LogP contribution in [0.15, 0.2) is 60.7 Å². The predicted molar refractivity (Wildman–Crippen MR) is 146 cm³/mol. The number of rotatable bonds is 7. The number of Topliss-reactive ketones (excluding diaryl/α,β-unsaturated/α-hetero) is 1. The van der Waals surface area contributed by atoms with Crippen molar-refractivity contribution in [3.05, 3.63) is 77.6 Å². The monoisotopic (exact) mass is 554 g/mol. The molecule has 39 heavy (non-hydrogen) atoms. The van der Waals surface area contributed by atoms with Crippen LogP contribution in [0.1, 0.15) is 50.3 Å². The highest BCUT2D eigenvalue weighted by Crippen LogP contribution is 2.64.